The minimum atomic E-state index is -0.960. The van der Waals surface area contributed by atoms with E-state index in [1.54, 1.807) is 12.3 Å². The van der Waals surface area contributed by atoms with Gasteiger partial charge in [-0.15, -0.1) is 0 Å². The van der Waals surface area contributed by atoms with Crippen molar-refractivity contribution in [1.29, 1.82) is 0 Å². The summed E-state index contributed by atoms with van der Waals surface area (Å²) in [5, 5.41) is 9.71. The summed E-state index contributed by atoms with van der Waals surface area (Å²) in [4.78, 5) is 17.1. The number of rotatable bonds is 5. The zero-order chi connectivity index (χ0) is 15.4. The third-order valence-electron chi connectivity index (χ3n) is 3.49. The van der Waals surface area contributed by atoms with Crippen molar-refractivity contribution >= 4 is 17.6 Å². The molecule has 1 N–H and O–H groups in total. The molecule has 0 fully saturated rings. The molecule has 0 unspecified atom stereocenters. The number of carbonyl (C=O) groups is 1. The number of halogens is 1. The Morgan fingerprint density at radius 2 is 2.00 bits per heavy atom. The van der Waals surface area contributed by atoms with Crippen molar-refractivity contribution < 1.29 is 9.90 Å². The lowest BCUT2D eigenvalue weighted by atomic mass is 10.1. The Hall–Kier alpha value is -1.91. The minimum Gasteiger partial charge on any atom is -0.478 e. The van der Waals surface area contributed by atoms with Crippen LogP contribution in [0.15, 0.2) is 42.7 Å². The molecule has 5 heteroatoms. The maximum absolute atomic E-state index is 11.0. The van der Waals surface area contributed by atoms with Crippen LogP contribution in [0, 0.1) is 0 Å². The van der Waals surface area contributed by atoms with E-state index >= 15 is 0 Å². The Morgan fingerprint density at radius 1 is 1.33 bits per heavy atom. The Kier molecular flexibility index (Phi) is 4.94. The Balaban J connectivity index is 2.10. The Morgan fingerprint density at radius 3 is 2.62 bits per heavy atom. The van der Waals surface area contributed by atoms with E-state index in [2.05, 4.69) is 16.8 Å². The van der Waals surface area contributed by atoms with E-state index in [1.165, 1.54) is 6.20 Å². The second-order valence-corrected chi connectivity index (χ2v) is 5.47. The summed E-state index contributed by atoms with van der Waals surface area (Å²) in [5.41, 5.74) is 2.24. The molecular formula is C16H17ClN2O2. The monoisotopic (exact) mass is 304 g/mol. The van der Waals surface area contributed by atoms with Gasteiger partial charge in [0.05, 0.1) is 5.56 Å². The number of hydrogen-bond donors (Lipinski definition) is 1. The van der Waals surface area contributed by atoms with E-state index in [1.807, 2.05) is 31.3 Å². The van der Waals surface area contributed by atoms with E-state index < -0.39 is 5.97 Å². The maximum atomic E-state index is 11.0. The van der Waals surface area contributed by atoms with Gasteiger partial charge < -0.3 is 5.11 Å². The van der Waals surface area contributed by atoms with Crippen molar-refractivity contribution in [3.05, 3.63) is 64.4 Å². The summed E-state index contributed by atoms with van der Waals surface area (Å²) in [6.45, 7) is 2.72. The zero-order valence-electron chi connectivity index (χ0n) is 12.0. The molecule has 110 valence electrons. The molecule has 0 amide bonds. The highest BCUT2D eigenvalue weighted by Gasteiger charge is 2.13. The van der Waals surface area contributed by atoms with Crippen LogP contribution in [0.3, 0.4) is 0 Å². The van der Waals surface area contributed by atoms with Gasteiger partial charge in [0.15, 0.2) is 0 Å². The molecule has 0 saturated carbocycles. The predicted molar refractivity (Wildman–Crippen MR) is 82.5 cm³/mol. The van der Waals surface area contributed by atoms with Gasteiger partial charge in [0.1, 0.15) is 0 Å². The fourth-order valence-corrected chi connectivity index (χ4v) is 2.24. The number of nitrogens with zero attached hydrogens (tertiary/aromatic N) is 2. The Bertz CT molecular complexity index is 628. The Labute approximate surface area is 129 Å². The molecule has 0 spiro atoms. The fourth-order valence-electron chi connectivity index (χ4n) is 2.11. The lowest BCUT2D eigenvalue weighted by molar-refractivity contribution is 0.0696. The van der Waals surface area contributed by atoms with Crippen molar-refractivity contribution in [2.24, 2.45) is 0 Å². The predicted octanol–water partition coefficient (Wildman–Crippen LogP) is 3.63. The van der Waals surface area contributed by atoms with Crippen molar-refractivity contribution in [2.45, 2.75) is 19.5 Å². The summed E-state index contributed by atoms with van der Waals surface area (Å²) in [5.74, 6) is -0.960. The lowest BCUT2D eigenvalue weighted by Crippen LogP contribution is -2.22. The molecule has 0 aliphatic rings. The number of carboxylic acid groups (broad SMARTS) is 1. The van der Waals surface area contributed by atoms with Gasteiger partial charge in [-0.25, -0.2) is 4.79 Å². The van der Waals surface area contributed by atoms with Crippen molar-refractivity contribution in [3.8, 4) is 0 Å². The first-order chi connectivity index (χ1) is 9.97. The SMILES string of the molecule is C[C@H](c1ccc(Cl)cc1)N(C)Cc1cncc(C(=O)O)c1. The van der Waals surface area contributed by atoms with Crippen LogP contribution in [0.25, 0.3) is 0 Å². The summed E-state index contributed by atoms with van der Waals surface area (Å²) in [6, 6.07) is 9.57. The number of aromatic nitrogens is 1. The standard InChI is InChI=1S/C16H17ClN2O2/c1-11(13-3-5-15(17)6-4-13)19(2)10-12-7-14(16(20)21)9-18-8-12/h3-9,11H,10H2,1-2H3,(H,20,21)/t11-/m1/s1. The van der Waals surface area contributed by atoms with E-state index in [-0.39, 0.29) is 11.6 Å². The number of benzene rings is 1. The van der Waals surface area contributed by atoms with E-state index in [0.717, 1.165) is 11.1 Å². The summed E-state index contributed by atoms with van der Waals surface area (Å²) < 4.78 is 0. The average Bonchev–Trinajstić information content (AvgIpc) is 2.47. The molecule has 1 atom stereocenters. The van der Waals surface area contributed by atoms with Crippen LogP contribution >= 0.6 is 11.6 Å². The molecule has 21 heavy (non-hydrogen) atoms. The third kappa shape index (κ3) is 4.03. The summed E-state index contributed by atoms with van der Waals surface area (Å²) in [6.07, 6.45) is 3.05. The number of pyridine rings is 1. The topological polar surface area (TPSA) is 53.4 Å². The highest BCUT2D eigenvalue weighted by Crippen LogP contribution is 2.22. The number of carboxylic acids is 1. The molecular weight excluding hydrogens is 288 g/mol. The molecule has 0 radical (unpaired) electrons. The maximum Gasteiger partial charge on any atom is 0.337 e. The molecule has 0 saturated heterocycles. The largest absolute Gasteiger partial charge is 0.478 e. The molecule has 2 aromatic rings. The molecule has 1 heterocycles. The van der Waals surface area contributed by atoms with E-state index in [0.29, 0.717) is 11.6 Å². The van der Waals surface area contributed by atoms with Crippen molar-refractivity contribution in [1.82, 2.24) is 9.88 Å². The summed E-state index contributed by atoms with van der Waals surface area (Å²) in [7, 11) is 1.99. The van der Waals surface area contributed by atoms with Gasteiger partial charge in [0.2, 0.25) is 0 Å². The second-order valence-electron chi connectivity index (χ2n) is 5.03. The van der Waals surface area contributed by atoms with Gasteiger partial charge in [-0.1, -0.05) is 23.7 Å². The minimum absolute atomic E-state index is 0.191. The van der Waals surface area contributed by atoms with Crippen molar-refractivity contribution in [3.63, 3.8) is 0 Å². The van der Waals surface area contributed by atoms with Crippen LogP contribution in [0.4, 0.5) is 0 Å². The smallest absolute Gasteiger partial charge is 0.337 e. The van der Waals surface area contributed by atoms with E-state index in [9.17, 15) is 4.79 Å². The third-order valence-corrected chi connectivity index (χ3v) is 3.74. The quantitative estimate of drug-likeness (QED) is 0.916. The second kappa shape index (κ2) is 6.70. The molecule has 0 bridgehead atoms. The molecule has 0 aliphatic carbocycles. The van der Waals surface area contributed by atoms with Gasteiger partial charge in [0.25, 0.3) is 0 Å². The lowest BCUT2D eigenvalue weighted by Gasteiger charge is -2.25. The van der Waals surface area contributed by atoms with Crippen LogP contribution in [-0.4, -0.2) is 28.0 Å². The number of hydrogen-bond acceptors (Lipinski definition) is 3. The van der Waals surface area contributed by atoms with Crippen LogP contribution in [-0.2, 0) is 6.54 Å². The molecule has 4 nitrogen and oxygen atoms in total. The van der Waals surface area contributed by atoms with E-state index in [4.69, 9.17) is 16.7 Å². The highest BCUT2D eigenvalue weighted by atomic mass is 35.5. The average molecular weight is 305 g/mol. The normalized spacial score (nSPS) is 12.4. The molecule has 2 rings (SSSR count). The first-order valence-electron chi connectivity index (χ1n) is 6.60. The first kappa shape index (κ1) is 15.5. The van der Waals surface area contributed by atoms with Crippen LogP contribution in [0.5, 0.6) is 0 Å². The highest BCUT2D eigenvalue weighted by molar-refractivity contribution is 6.30. The first-order valence-corrected chi connectivity index (χ1v) is 6.98. The van der Waals surface area contributed by atoms with Gasteiger partial charge in [-0.3, -0.25) is 9.88 Å². The molecule has 0 aliphatic heterocycles. The van der Waals surface area contributed by atoms with Crippen molar-refractivity contribution in [2.75, 3.05) is 7.05 Å². The van der Waals surface area contributed by atoms with Gasteiger partial charge >= 0.3 is 5.97 Å². The van der Waals surface area contributed by atoms with Gasteiger partial charge in [-0.05, 0) is 43.3 Å². The molecule has 1 aromatic heterocycles. The summed E-state index contributed by atoms with van der Waals surface area (Å²) >= 11 is 5.90. The van der Waals surface area contributed by atoms with Gasteiger partial charge in [-0.2, -0.15) is 0 Å². The van der Waals surface area contributed by atoms with Crippen LogP contribution < -0.4 is 0 Å². The fraction of sp³-hybridized carbons (Fsp3) is 0.250. The van der Waals surface area contributed by atoms with Crippen LogP contribution in [0.2, 0.25) is 5.02 Å². The zero-order valence-corrected chi connectivity index (χ0v) is 12.7. The molecule has 1 aromatic carbocycles. The van der Waals surface area contributed by atoms with Crippen LogP contribution in [0.1, 0.15) is 34.5 Å². The number of aromatic carboxylic acids is 1. The van der Waals surface area contributed by atoms with Gasteiger partial charge in [0, 0.05) is 30.0 Å².